The molecule has 0 amide bonds. The van der Waals surface area contributed by atoms with Gasteiger partial charge >= 0.3 is 0 Å². The molecule has 0 saturated carbocycles. The van der Waals surface area contributed by atoms with Crippen molar-refractivity contribution < 1.29 is 4.74 Å². The van der Waals surface area contributed by atoms with E-state index < -0.39 is 0 Å². The molecule has 35 heavy (non-hydrogen) atoms. The molecule has 1 aliphatic rings. The van der Waals surface area contributed by atoms with Crippen molar-refractivity contribution in [2.45, 2.75) is 12.1 Å². The van der Waals surface area contributed by atoms with Crippen molar-refractivity contribution in [1.29, 1.82) is 0 Å². The average Bonchev–Trinajstić information content (AvgIpc) is 3.53. The molecular formula is C29H24N4OS. The van der Waals surface area contributed by atoms with Crippen LogP contribution >= 0.6 is 12.2 Å². The lowest BCUT2D eigenvalue weighted by Crippen LogP contribution is -2.30. The van der Waals surface area contributed by atoms with Gasteiger partial charge in [0.05, 0.1) is 24.5 Å². The number of hydrogen-bond acceptors (Lipinski definition) is 3. The largest absolute Gasteiger partial charge is 0.495 e. The van der Waals surface area contributed by atoms with Crippen LogP contribution in [0.15, 0.2) is 109 Å². The number of para-hydroxylation sites is 2. The summed E-state index contributed by atoms with van der Waals surface area (Å²) in [5.74, 6) is 0.770. The fraction of sp³-hybridized carbons (Fsp3) is 0.103. The van der Waals surface area contributed by atoms with E-state index in [1.807, 2.05) is 48.7 Å². The maximum absolute atomic E-state index is 5.90. The highest BCUT2D eigenvalue weighted by Gasteiger charge is 2.43. The van der Waals surface area contributed by atoms with Gasteiger partial charge in [0.25, 0.3) is 0 Å². The van der Waals surface area contributed by atoms with E-state index in [9.17, 15) is 0 Å². The predicted molar refractivity (Wildman–Crippen MR) is 144 cm³/mol. The van der Waals surface area contributed by atoms with Gasteiger partial charge in [-0.3, -0.25) is 4.98 Å². The maximum atomic E-state index is 5.90. The second-order valence-corrected chi connectivity index (χ2v) is 8.89. The number of hydrogen-bond donors (Lipinski definition) is 1. The standard InChI is InChI=1S/C29H24N4OS/c1-34-26-14-5-4-12-24(26)33-28(27(31-29(33)35)23-11-6-7-17-30-23)25-13-8-18-32(25)22-16-15-20-9-2-3-10-21(20)19-22/h2-19,27-28H,1H3,(H,31,35)/t27-,28-/m1/s1. The van der Waals surface area contributed by atoms with E-state index in [-0.39, 0.29) is 12.1 Å². The smallest absolute Gasteiger partial charge is 0.174 e. The quantitative estimate of drug-likeness (QED) is 0.306. The first-order chi connectivity index (χ1) is 17.2. The summed E-state index contributed by atoms with van der Waals surface area (Å²) in [4.78, 5) is 6.83. The number of benzene rings is 3. The molecule has 0 spiro atoms. The van der Waals surface area contributed by atoms with Crippen molar-refractivity contribution in [3.05, 3.63) is 121 Å². The first-order valence-corrected chi connectivity index (χ1v) is 12.0. The number of fused-ring (bicyclic) bond motifs is 1. The molecule has 2 atom stereocenters. The van der Waals surface area contributed by atoms with E-state index in [1.165, 1.54) is 10.8 Å². The van der Waals surface area contributed by atoms with Crippen molar-refractivity contribution >= 4 is 33.8 Å². The second-order valence-electron chi connectivity index (χ2n) is 8.50. The lowest BCUT2D eigenvalue weighted by Gasteiger charge is -2.30. The molecule has 1 saturated heterocycles. The van der Waals surface area contributed by atoms with E-state index in [1.54, 1.807) is 7.11 Å². The van der Waals surface area contributed by atoms with Crippen LogP contribution < -0.4 is 15.0 Å². The third kappa shape index (κ3) is 3.72. The fourth-order valence-electron chi connectivity index (χ4n) is 4.94. The Balaban J connectivity index is 1.53. The number of thiocarbonyl (C=S) groups is 1. The van der Waals surface area contributed by atoms with Crippen LogP contribution in [-0.2, 0) is 0 Å². The Kier molecular flexibility index (Phi) is 5.43. The van der Waals surface area contributed by atoms with Crippen LogP contribution in [-0.4, -0.2) is 21.8 Å². The average molecular weight is 477 g/mol. The monoisotopic (exact) mass is 476 g/mol. The number of ether oxygens (including phenoxy) is 1. The Hall–Kier alpha value is -4.16. The molecule has 3 aromatic carbocycles. The summed E-state index contributed by atoms with van der Waals surface area (Å²) in [6, 6.07) is 32.9. The topological polar surface area (TPSA) is 42.3 Å². The summed E-state index contributed by atoms with van der Waals surface area (Å²) in [6.45, 7) is 0. The van der Waals surface area contributed by atoms with Crippen molar-refractivity contribution in [2.75, 3.05) is 12.0 Å². The lowest BCUT2D eigenvalue weighted by molar-refractivity contribution is 0.414. The summed E-state index contributed by atoms with van der Waals surface area (Å²) < 4.78 is 7.97. The zero-order valence-corrected chi connectivity index (χ0v) is 20.0. The van der Waals surface area contributed by atoms with Crippen molar-refractivity contribution in [3.63, 3.8) is 0 Å². The number of rotatable bonds is 5. The minimum absolute atomic E-state index is 0.136. The molecule has 1 N–H and O–H groups in total. The number of aromatic nitrogens is 2. The van der Waals surface area contributed by atoms with Crippen LogP contribution in [0.3, 0.4) is 0 Å². The summed E-state index contributed by atoms with van der Waals surface area (Å²) in [6.07, 6.45) is 3.93. The molecule has 0 bridgehead atoms. The Morgan fingerprint density at radius 1 is 0.857 bits per heavy atom. The fourth-order valence-corrected chi connectivity index (χ4v) is 5.28. The van der Waals surface area contributed by atoms with Gasteiger partial charge in [-0.05, 0) is 71.5 Å². The van der Waals surface area contributed by atoms with E-state index in [4.69, 9.17) is 17.0 Å². The molecule has 6 rings (SSSR count). The third-order valence-electron chi connectivity index (χ3n) is 6.54. The van der Waals surface area contributed by atoms with E-state index in [2.05, 4.69) is 80.6 Å². The van der Waals surface area contributed by atoms with E-state index in [0.29, 0.717) is 5.11 Å². The van der Waals surface area contributed by atoms with Gasteiger partial charge < -0.3 is 19.5 Å². The third-order valence-corrected chi connectivity index (χ3v) is 6.85. The highest BCUT2D eigenvalue weighted by Crippen LogP contribution is 2.44. The number of nitrogens with zero attached hydrogens (tertiary/aromatic N) is 3. The molecule has 5 aromatic rings. The van der Waals surface area contributed by atoms with Gasteiger partial charge in [0.2, 0.25) is 0 Å². The Labute approximate surface area is 209 Å². The molecule has 0 aliphatic carbocycles. The van der Waals surface area contributed by atoms with Gasteiger partial charge in [-0.1, -0.05) is 48.5 Å². The van der Waals surface area contributed by atoms with Crippen LogP contribution in [0.2, 0.25) is 0 Å². The van der Waals surface area contributed by atoms with Gasteiger partial charge in [-0.15, -0.1) is 0 Å². The van der Waals surface area contributed by atoms with Crippen molar-refractivity contribution in [3.8, 4) is 11.4 Å². The zero-order chi connectivity index (χ0) is 23.8. The van der Waals surface area contributed by atoms with Crippen molar-refractivity contribution in [2.24, 2.45) is 0 Å². The van der Waals surface area contributed by atoms with Gasteiger partial charge in [0.1, 0.15) is 11.8 Å². The molecule has 5 nitrogen and oxygen atoms in total. The number of methoxy groups -OCH3 is 1. The van der Waals surface area contributed by atoms with Gasteiger partial charge in [0.15, 0.2) is 5.11 Å². The SMILES string of the molecule is COc1ccccc1N1C(=S)N[C@H](c2ccccn2)[C@H]1c1cccn1-c1ccc2ccccc2c1. The molecule has 0 unspecified atom stereocenters. The summed E-state index contributed by atoms with van der Waals surface area (Å²) in [5.41, 5.74) is 4.06. The molecular weight excluding hydrogens is 452 g/mol. The normalized spacial score (nSPS) is 17.5. The van der Waals surface area contributed by atoms with Crippen molar-refractivity contribution in [1.82, 2.24) is 14.9 Å². The highest BCUT2D eigenvalue weighted by atomic mass is 32.1. The Bertz CT molecular complexity index is 1510. The molecule has 6 heteroatoms. The maximum Gasteiger partial charge on any atom is 0.174 e. The number of pyridine rings is 1. The van der Waals surface area contributed by atoms with Crippen LogP contribution in [0.4, 0.5) is 5.69 Å². The van der Waals surface area contributed by atoms with Gasteiger partial charge in [-0.25, -0.2) is 0 Å². The summed E-state index contributed by atoms with van der Waals surface area (Å²) in [5, 5.41) is 6.60. The van der Waals surface area contributed by atoms with Gasteiger partial charge in [0, 0.05) is 23.8 Å². The predicted octanol–water partition coefficient (Wildman–Crippen LogP) is 6.21. The molecule has 172 valence electrons. The lowest BCUT2D eigenvalue weighted by atomic mass is 10.0. The second kappa shape index (κ2) is 8.89. The minimum atomic E-state index is -0.143. The Morgan fingerprint density at radius 2 is 1.66 bits per heavy atom. The van der Waals surface area contributed by atoms with Crippen LogP contribution in [0, 0.1) is 0 Å². The summed E-state index contributed by atoms with van der Waals surface area (Å²) >= 11 is 5.90. The molecule has 0 radical (unpaired) electrons. The highest BCUT2D eigenvalue weighted by molar-refractivity contribution is 7.80. The summed E-state index contributed by atoms with van der Waals surface area (Å²) in [7, 11) is 1.69. The Morgan fingerprint density at radius 3 is 2.49 bits per heavy atom. The van der Waals surface area contributed by atoms with Crippen LogP contribution in [0.25, 0.3) is 16.5 Å². The zero-order valence-electron chi connectivity index (χ0n) is 19.2. The molecule has 3 heterocycles. The van der Waals surface area contributed by atoms with E-state index in [0.717, 1.165) is 28.5 Å². The minimum Gasteiger partial charge on any atom is -0.495 e. The number of nitrogens with one attached hydrogen (secondary N) is 1. The molecule has 2 aromatic heterocycles. The van der Waals surface area contributed by atoms with Crippen LogP contribution in [0.1, 0.15) is 23.5 Å². The first-order valence-electron chi connectivity index (χ1n) is 11.5. The number of anilines is 1. The first kappa shape index (κ1) is 21.4. The van der Waals surface area contributed by atoms with E-state index >= 15 is 0 Å². The molecule has 1 fully saturated rings. The molecule has 1 aliphatic heterocycles. The van der Waals surface area contributed by atoms with Gasteiger partial charge in [-0.2, -0.15) is 0 Å². The van der Waals surface area contributed by atoms with Crippen LogP contribution in [0.5, 0.6) is 5.75 Å².